The van der Waals surface area contributed by atoms with Crippen molar-refractivity contribution >= 4 is 5.91 Å². The number of hydrogen-bond acceptors (Lipinski definition) is 4. The Balaban J connectivity index is 1.77. The van der Waals surface area contributed by atoms with Gasteiger partial charge in [0.1, 0.15) is 6.33 Å². The van der Waals surface area contributed by atoms with E-state index in [2.05, 4.69) is 20.7 Å². The number of nitrogens with zero attached hydrogens (tertiary/aromatic N) is 3. The zero-order valence-electron chi connectivity index (χ0n) is 11.1. The lowest BCUT2D eigenvalue weighted by atomic mass is 9.82. The van der Waals surface area contributed by atoms with Gasteiger partial charge < -0.3 is 10.6 Å². The van der Waals surface area contributed by atoms with Crippen LogP contribution >= 0.6 is 0 Å². The minimum atomic E-state index is -0.268. The fourth-order valence-corrected chi connectivity index (χ4v) is 2.25. The number of aromatic nitrogens is 3. The molecule has 1 aromatic rings. The standard InChI is InChI=1S/C12H21N5O/c1-12(5-3-6-13-8-12)11(18)14-7-4-10-15-9-17(2)16-10/h9,13H,3-8H2,1-2H3,(H,14,18). The molecule has 1 aromatic heterocycles. The molecule has 1 atom stereocenters. The summed E-state index contributed by atoms with van der Waals surface area (Å²) in [6.07, 6.45) is 4.36. The lowest BCUT2D eigenvalue weighted by Gasteiger charge is -2.32. The van der Waals surface area contributed by atoms with Gasteiger partial charge in [-0.15, -0.1) is 0 Å². The topological polar surface area (TPSA) is 71.8 Å². The second kappa shape index (κ2) is 5.48. The summed E-state index contributed by atoms with van der Waals surface area (Å²) in [4.78, 5) is 16.2. The van der Waals surface area contributed by atoms with Gasteiger partial charge in [-0.1, -0.05) is 0 Å². The fourth-order valence-electron chi connectivity index (χ4n) is 2.25. The molecule has 0 saturated carbocycles. The van der Waals surface area contributed by atoms with E-state index in [-0.39, 0.29) is 11.3 Å². The molecule has 6 heteroatoms. The molecule has 1 unspecified atom stereocenters. The summed E-state index contributed by atoms with van der Waals surface area (Å²) in [7, 11) is 1.84. The maximum absolute atomic E-state index is 12.1. The molecule has 100 valence electrons. The van der Waals surface area contributed by atoms with E-state index in [9.17, 15) is 4.79 Å². The zero-order chi connectivity index (χ0) is 13.0. The Hall–Kier alpha value is -1.43. The summed E-state index contributed by atoms with van der Waals surface area (Å²) in [5.41, 5.74) is -0.268. The predicted molar refractivity (Wildman–Crippen MR) is 67.9 cm³/mol. The maximum Gasteiger partial charge on any atom is 0.227 e. The SMILES string of the molecule is Cn1cnc(CCNC(=O)C2(C)CCCNC2)n1. The molecule has 1 aliphatic heterocycles. The Morgan fingerprint density at radius 3 is 3.11 bits per heavy atom. The van der Waals surface area contributed by atoms with E-state index in [4.69, 9.17) is 0 Å². The first-order valence-electron chi connectivity index (χ1n) is 6.44. The van der Waals surface area contributed by atoms with Gasteiger partial charge in [0, 0.05) is 26.6 Å². The number of rotatable bonds is 4. The van der Waals surface area contributed by atoms with Crippen molar-refractivity contribution < 1.29 is 4.79 Å². The van der Waals surface area contributed by atoms with Gasteiger partial charge >= 0.3 is 0 Å². The Morgan fingerprint density at radius 2 is 2.50 bits per heavy atom. The van der Waals surface area contributed by atoms with Crippen LogP contribution < -0.4 is 10.6 Å². The van der Waals surface area contributed by atoms with Crippen LogP contribution in [-0.2, 0) is 18.3 Å². The molecule has 2 heterocycles. The Labute approximate surface area is 107 Å². The second-order valence-electron chi connectivity index (χ2n) is 5.18. The number of carbonyl (C=O) groups is 1. The van der Waals surface area contributed by atoms with Crippen molar-refractivity contribution in [1.82, 2.24) is 25.4 Å². The molecule has 1 amide bonds. The first-order chi connectivity index (χ1) is 8.60. The van der Waals surface area contributed by atoms with E-state index in [1.807, 2.05) is 14.0 Å². The van der Waals surface area contributed by atoms with Gasteiger partial charge in [-0.05, 0) is 26.3 Å². The summed E-state index contributed by atoms with van der Waals surface area (Å²) in [6, 6.07) is 0. The van der Waals surface area contributed by atoms with Gasteiger partial charge in [0.25, 0.3) is 0 Å². The maximum atomic E-state index is 12.1. The normalized spacial score (nSPS) is 23.9. The third kappa shape index (κ3) is 3.07. The number of aryl methyl sites for hydroxylation is 1. The van der Waals surface area contributed by atoms with Gasteiger partial charge in [0.2, 0.25) is 5.91 Å². The van der Waals surface area contributed by atoms with E-state index in [1.165, 1.54) is 0 Å². The molecule has 6 nitrogen and oxygen atoms in total. The summed E-state index contributed by atoms with van der Waals surface area (Å²) in [5, 5.41) is 10.4. The summed E-state index contributed by atoms with van der Waals surface area (Å²) < 4.78 is 1.67. The number of carbonyl (C=O) groups excluding carboxylic acids is 1. The first-order valence-corrected chi connectivity index (χ1v) is 6.44. The van der Waals surface area contributed by atoms with Gasteiger partial charge in [0.15, 0.2) is 5.82 Å². The van der Waals surface area contributed by atoms with Crippen molar-refractivity contribution in [3.8, 4) is 0 Å². The third-order valence-corrected chi connectivity index (χ3v) is 3.43. The van der Waals surface area contributed by atoms with Gasteiger partial charge in [-0.25, -0.2) is 4.98 Å². The Kier molecular flexibility index (Phi) is 3.96. The average Bonchev–Trinajstić information content (AvgIpc) is 2.76. The van der Waals surface area contributed by atoms with Crippen LogP contribution in [0.3, 0.4) is 0 Å². The molecule has 2 rings (SSSR count). The largest absolute Gasteiger partial charge is 0.355 e. The third-order valence-electron chi connectivity index (χ3n) is 3.43. The molecule has 1 fully saturated rings. The number of nitrogens with one attached hydrogen (secondary N) is 2. The molecule has 0 bridgehead atoms. The van der Waals surface area contributed by atoms with E-state index in [0.717, 1.165) is 31.8 Å². The molecule has 0 spiro atoms. The Morgan fingerprint density at radius 1 is 1.67 bits per heavy atom. The van der Waals surface area contributed by atoms with Crippen LogP contribution in [-0.4, -0.2) is 40.3 Å². The minimum Gasteiger partial charge on any atom is -0.355 e. The van der Waals surface area contributed by atoms with E-state index >= 15 is 0 Å². The van der Waals surface area contributed by atoms with Crippen molar-refractivity contribution in [2.24, 2.45) is 12.5 Å². The van der Waals surface area contributed by atoms with E-state index < -0.39 is 0 Å². The Bertz CT molecular complexity index is 408. The van der Waals surface area contributed by atoms with Crippen LogP contribution in [0, 0.1) is 5.41 Å². The van der Waals surface area contributed by atoms with E-state index in [1.54, 1.807) is 11.0 Å². The summed E-state index contributed by atoms with van der Waals surface area (Å²) in [5.74, 6) is 0.898. The fraction of sp³-hybridized carbons (Fsp3) is 0.750. The number of amides is 1. The van der Waals surface area contributed by atoms with Crippen LogP contribution in [0.4, 0.5) is 0 Å². The molecule has 2 N–H and O–H groups in total. The van der Waals surface area contributed by atoms with Gasteiger partial charge in [-0.2, -0.15) is 5.10 Å². The highest BCUT2D eigenvalue weighted by molar-refractivity contribution is 5.82. The zero-order valence-corrected chi connectivity index (χ0v) is 11.1. The summed E-state index contributed by atoms with van der Waals surface area (Å²) in [6.45, 7) is 4.40. The monoisotopic (exact) mass is 251 g/mol. The smallest absolute Gasteiger partial charge is 0.227 e. The minimum absolute atomic E-state index is 0.130. The van der Waals surface area contributed by atoms with Crippen molar-refractivity contribution in [2.45, 2.75) is 26.2 Å². The van der Waals surface area contributed by atoms with Crippen molar-refractivity contribution in [3.63, 3.8) is 0 Å². The lowest BCUT2D eigenvalue weighted by molar-refractivity contribution is -0.131. The molecule has 0 radical (unpaired) electrons. The van der Waals surface area contributed by atoms with Gasteiger partial charge in [-0.3, -0.25) is 9.48 Å². The van der Waals surface area contributed by atoms with Crippen LogP contribution in [0.25, 0.3) is 0 Å². The summed E-state index contributed by atoms with van der Waals surface area (Å²) >= 11 is 0. The van der Waals surface area contributed by atoms with E-state index in [0.29, 0.717) is 13.0 Å². The molecule has 0 aromatic carbocycles. The molecular formula is C12H21N5O. The lowest BCUT2D eigenvalue weighted by Crippen LogP contribution is -2.49. The highest BCUT2D eigenvalue weighted by Gasteiger charge is 2.34. The van der Waals surface area contributed by atoms with Crippen LogP contribution in [0.5, 0.6) is 0 Å². The van der Waals surface area contributed by atoms with Crippen LogP contribution in [0.15, 0.2) is 6.33 Å². The van der Waals surface area contributed by atoms with Crippen molar-refractivity contribution in [3.05, 3.63) is 12.2 Å². The first kappa shape index (κ1) is 13.0. The number of hydrogen-bond donors (Lipinski definition) is 2. The quantitative estimate of drug-likeness (QED) is 0.781. The van der Waals surface area contributed by atoms with Crippen LogP contribution in [0.1, 0.15) is 25.6 Å². The highest BCUT2D eigenvalue weighted by Crippen LogP contribution is 2.25. The average molecular weight is 251 g/mol. The second-order valence-corrected chi connectivity index (χ2v) is 5.18. The molecule has 0 aliphatic carbocycles. The van der Waals surface area contributed by atoms with Crippen molar-refractivity contribution in [1.29, 1.82) is 0 Å². The highest BCUT2D eigenvalue weighted by atomic mass is 16.2. The van der Waals surface area contributed by atoms with Gasteiger partial charge in [0.05, 0.1) is 5.41 Å². The molecule has 18 heavy (non-hydrogen) atoms. The van der Waals surface area contributed by atoms with Crippen molar-refractivity contribution in [2.75, 3.05) is 19.6 Å². The number of piperidine rings is 1. The molecular weight excluding hydrogens is 230 g/mol. The molecule has 1 saturated heterocycles. The predicted octanol–water partition coefficient (Wildman–Crippen LogP) is -0.136. The molecule has 1 aliphatic rings. The van der Waals surface area contributed by atoms with Crippen LogP contribution in [0.2, 0.25) is 0 Å².